The molecule has 0 saturated heterocycles. The quantitative estimate of drug-likeness (QED) is 0.886. The van der Waals surface area contributed by atoms with Crippen LogP contribution in [-0.4, -0.2) is 36.4 Å². The summed E-state index contributed by atoms with van der Waals surface area (Å²) in [6.45, 7) is 0.451. The van der Waals surface area contributed by atoms with Gasteiger partial charge in [0.15, 0.2) is 0 Å². The highest BCUT2D eigenvalue weighted by Gasteiger charge is 2.15. The van der Waals surface area contributed by atoms with Crippen molar-refractivity contribution >= 4 is 17.5 Å². The van der Waals surface area contributed by atoms with E-state index in [1.807, 2.05) is 43.3 Å². The van der Waals surface area contributed by atoms with E-state index in [-0.39, 0.29) is 17.5 Å². The molecule has 6 heteroatoms. The van der Waals surface area contributed by atoms with Crippen molar-refractivity contribution in [2.75, 3.05) is 20.6 Å². The number of aromatic amines is 1. The third-order valence-electron chi connectivity index (χ3n) is 3.38. The van der Waals surface area contributed by atoms with Crippen molar-refractivity contribution in [1.82, 2.24) is 15.2 Å². The molecule has 0 saturated carbocycles. The summed E-state index contributed by atoms with van der Waals surface area (Å²) in [6.07, 6.45) is 1.41. The molecule has 0 spiro atoms. The Bertz CT molecular complexity index is 675. The highest BCUT2D eigenvalue weighted by Crippen LogP contribution is 2.19. The van der Waals surface area contributed by atoms with Gasteiger partial charge in [0.1, 0.15) is 0 Å². The Balaban J connectivity index is 2.06. The number of H-pyrrole nitrogens is 1. The van der Waals surface area contributed by atoms with Crippen molar-refractivity contribution in [3.8, 4) is 0 Å². The first-order chi connectivity index (χ1) is 10.5. The van der Waals surface area contributed by atoms with Crippen molar-refractivity contribution < 1.29 is 4.79 Å². The number of hydrogen-bond acceptors (Lipinski definition) is 3. The number of nitrogens with one attached hydrogen (secondary N) is 2. The lowest BCUT2D eigenvalue weighted by atomic mass is 10.1. The predicted octanol–water partition coefficient (Wildman–Crippen LogP) is 2.06. The fourth-order valence-corrected chi connectivity index (χ4v) is 2.25. The van der Waals surface area contributed by atoms with Gasteiger partial charge in [-0.2, -0.15) is 0 Å². The number of halogens is 1. The van der Waals surface area contributed by atoms with Crippen LogP contribution < -0.4 is 10.9 Å². The van der Waals surface area contributed by atoms with E-state index in [1.165, 1.54) is 18.3 Å². The Morgan fingerprint density at radius 1 is 1.23 bits per heavy atom. The largest absolute Gasteiger partial charge is 0.350 e. The van der Waals surface area contributed by atoms with Crippen molar-refractivity contribution in [3.05, 3.63) is 69.1 Å². The molecule has 1 aromatic heterocycles. The van der Waals surface area contributed by atoms with Crippen LogP contribution in [0.15, 0.2) is 47.4 Å². The number of benzene rings is 1. The number of hydrogen-bond donors (Lipinski definition) is 2. The first-order valence-electron chi connectivity index (χ1n) is 6.86. The van der Waals surface area contributed by atoms with Crippen molar-refractivity contribution in [1.29, 1.82) is 0 Å². The summed E-state index contributed by atoms with van der Waals surface area (Å²) in [6, 6.07) is 10.4. The number of amides is 1. The molecule has 0 fully saturated rings. The Hall–Kier alpha value is -2.11. The molecule has 0 radical (unpaired) electrons. The van der Waals surface area contributed by atoms with Gasteiger partial charge in [-0.3, -0.25) is 9.59 Å². The Labute approximate surface area is 133 Å². The molecule has 116 valence electrons. The van der Waals surface area contributed by atoms with Crippen LogP contribution in [0.3, 0.4) is 0 Å². The highest BCUT2D eigenvalue weighted by atomic mass is 35.5. The maximum Gasteiger partial charge on any atom is 0.252 e. The second-order valence-corrected chi connectivity index (χ2v) is 5.62. The van der Waals surface area contributed by atoms with Crippen LogP contribution in [-0.2, 0) is 0 Å². The van der Waals surface area contributed by atoms with E-state index < -0.39 is 0 Å². The Morgan fingerprint density at radius 2 is 1.91 bits per heavy atom. The van der Waals surface area contributed by atoms with Gasteiger partial charge < -0.3 is 15.2 Å². The molecule has 1 atom stereocenters. The van der Waals surface area contributed by atoms with Crippen LogP contribution in [0.4, 0.5) is 0 Å². The second kappa shape index (κ2) is 7.24. The van der Waals surface area contributed by atoms with Crippen LogP contribution >= 0.6 is 11.6 Å². The molecule has 2 aromatic rings. The SMILES string of the molecule is CN(C)C(CNC(=O)c1ccc(=O)[nH]c1)c1ccc(Cl)cc1. The molecule has 22 heavy (non-hydrogen) atoms. The number of rotatable bonds is 5. The summed E-state index contributed by atoms with van der Waals surface area (Å²) < 4.78 is 0. The van der Waals surface area contributed by atoms with Gasteiger partial charge in [0, 0.05) is 23.8 Å². The summed E-state index contributed by atoms with van der Waals surface area (Å²) in [7, 11) is 3.90. The normalized spacial score (nSPS) is 12.2. The fourth-order valence-electron chi connectivity index (χ4n) is 2.13. The summed E-state index contributed by atoms with van der Waals surface area (Å²) >= 11 is 5.90. The van der Waals surface area contributed by atoms with Crippen LogP contribution in [0.25, 0.3) is 0 Å². The lowest BCUT2D eigenvalue weighted by Gasteiger charge is -2.25. The van der Waals surface area contributed by atoms with E-state index in [0.717, 1.165) is 5.56 Å². The first kappa shape index (κ1) is 16.3. The van der Waals surface area contributed by atoms with Gasteiger partial charge in [-0.25, -0.2) is 0 Å². The maximum atomic E-state index is 12.1. The molecule has 1 aromatic carbocycles. The number of pyridine rings is 1. The lowest BCUT2D eigenvalue weighted by molar-refractivity contribution is 0.0941. The molecule has 0 aliphatic rings. The average Bonchev–Trinajstić information content (AvgIpc) is 2.49. The Kier molecular flexibility index (Phi) is 5.35. The van der Waals surface area contributed by atoms with E-state index in [9.17, 15) is 9.59 Å². The minimum absolute atomic E-state index is 0.0315. The summed E-state index contributed by atoms with van der Waals surface area (Å²) in [5.41, 5.74) is 1.26. The van der Waals surface area contributed by atoms with Gasteiger partial charge in [-0.15, -0.1) is 0 Å². The summed E-state index contributed by atoms with van der Waals surface area (Å²) in [5.74, 6) is -0.225. The zero-order chi connectivity index (χ0) is 16.1. The molecule has 1 unspecified atom stereocenters. The van der Waals surface area contributed by atoms with Crippen LogP contribution in [0.5, 0.6) is 0 Å². The molecule has 0 bridgehead atoms. The van der Waals surface area contributed by atoms with Gasteiger partial charge >= 0.3 is 0 Å². The van der Waals surface area contributed by atoms with E-state index in [2.05, 4.69) is 10.3 Å². The standard InChI is InChI=1S/C16H18ClN3O2/c1-20(2)14(11-3-6-13(17)7-4-11)10-19-16(22)12-5-8-15(21)18-9-12/h3-9,14H,10H2,1-2H3,(H,18,21)(H,19,22). The van der Waals surface area contributed by atoms with Gasteiger partial charge in [0.05, 0.1) is 11.6 Å². The van der Waals surface area contributed by atoms with E-state index in [4.69, 9.17) is 11.6 Å². The minimum atomic E-state index is -0.233. The highest BCUT2D eigenvalue weighted by molar-refractivity contribution is 6.30. The monoisotopic (exact) mass is 319 g/mol. The molecule has 2 rings (SSSR count). The number of aromatic nitrogens is 1. The summed E-state index contributed by atoms with van der Waals surface area (Å²) in [5, 5.41) is 3.56. The van der Waals surface area contributed by atoms with E-state index >= 15 is 0 Å². The topological polar surface area (TPSA) is 65.2 Å². The van der Waals surface area contributed by atoms with E-state index in [1.54, 1.807) is 0 Å². The van der Waals surface area contributed by atoms with Crippen molar-refractivity contribution in [2.24, 2.45) is 0 Å². The molecular weight excluding hydrogens is 302 g/mol. The molecule has 1 heterocycles. The zero-order valence-corrected chi connectivity index (χ0v) is 13.2. The molecule has 5 nitrogen and oxygen atoms in total. The number of carbonyl (C=O) groups excluding carboxylic acids is 1. The van der Waals surface area contributed by atoms with Gasteiger partial charge in [0.25, 0.3) is 5.91 Å². The fraction of sp³-hybridized carbons (Fsp3) is 0.250. The molecular formula is C16H18ClN3O2. The maximum absolute atomic E-state index is 12.1. The molecule has 0 aliphatic carbocycles. The first-order valence-corrected chi connectivity index (χ1v) is 7.24. The minimum Gasteiger partial charge on any atom is -0.350 e. The smallest absolute Gasteiger partial charge is 0.252 e. The lowest BCUT2D eigenvalue weighted by Crippen LogP contribution is -2.34. The molecule has 1 amide bonds. The second-order valence-electron chi connectivity index (χ2n) is 5.18. The van der Waals surface area contributed by atoms with Crippen LogP contribution in [0.2, 0.25) is 5.02 Å². The molecule has 2 N–H and O–H groups in total. The van der Waals surface area contributed by atoms with Crippen molar-refractivity contribution in [2.45, 2.75) is 6.04 Å². The third kappa shape index (κ3) is 4.19. The van der Waals surface area contributed by atoms with Gasteiger partial charge in [-0.05, 0) is 37.9 Å². The summed E-state index contributed by atoms with van der Waals surface area (Å²) in [4.78, 5) is 27.6. The average molecular weight is 320 g/mol. The molecule has 0 aliphatic heterocycles. The van der Waals surface area contributed by atoms with Crippen LogP contribution in [0.1, 0.15) is 22.0 Å². The number of likely N-dealkylation sites (N-methyl/N-ethyl adjacent to an activating group) is 1. The van der Waals surface area contributed by atoms with Crippen molar-refractivity contribution in [3.63, 3.8) is 0 Å². The van der Waals surface area contributed by atoms with Crippen LogP contribution in [0, 0.1) is 0 Å². The Morgan fingerprint density at radius 3 is 2.45 bits per heavy atom. The van der Waals surface area contributed by atoms with Gasteiger partial charge in [0.2, 0.25) is 5.56 Å². The predicted molar refractivity (Wildman–Crippen MR) is 87.3 cm³/mol. The van der Waals surface area contributed by atoms with Gasteiger partial charge in [-0.1, -0.05) is 23.7 Å². The van der Waals surface area contributed by atoms with E-state index in [0.29, 0.717) is 17.1 Å². The number of nitrogens with zero attached hydrogens (tertiary/aromatic N) is 1. The third-order valence-corrected chi connectivity index (χ3v) is 3.63. The zero-order valence-electron chi connectivity index (χ0n) is 12.5. The number of carbonyl (C=O) groups is 1.